The van der Waals surface area contributed by atoms with Gasteiger partial charge in [0.15, 0.2) is 0 Å². The molecule has 0 spiro atoms. The van der Waals surface area contributed by atoms with E-state index in [2.05, 4.69) is 15.1 Å². The van der Waals surface area contributed by atoms with E-state index in [1.54, 1.807) is 11.2 Å². The Hall–Kier alpha value is -1.77. The molecular weight excluding hydrogens is 340 g/mol. The maximum Gasteiger partial charge on any atom is 0.218 e. The van der Waals surface area contributed by atoms with Crippen LogP contribution in [0.25, 0.3) is 0 Å². The van der Waals surface area contributed by atoms with Crippen molar-refractivity contribution in [3.63, 3.8) is 0 Å². The fourth-order valence-electron chi connectivity index (χ4n) is 2.91. The third-order valence-corrected chi connectivity index (χ3v) is 6.25. The molecule has 2 heterocycles. The summed E-state index contributed by atoms with van der Waals surface area (Å²) in [6.45, 7) is 7.06. The van der Waals surface area contributed by atoms with E-state index >= 15 is 0 Å². The Balaban J connectivity index is 1.49. The highest BCUT2D eigenvalue weighted by atomic mass is 32.2. The summed E-state index contributed by atoms with van der Waals surface area (Å²) in [6.07, 6.45) is 0.691. The molecule has 0 unspecified atom stereocenters. The molecule has 0 radical (unpaired) electrons. The first-order chi connectivity index (χ1) is 11.9. The first kappa shape index (κ1) is 18.0. The summed E-state index contributed by atoms with van der Waals surface area (Å²) in [7, 11) is -3.27. The van der Waals surface area contributed by atoms with E-state index in [0.29, 0.717) is 31.3 Å². The molecule has 2 aromatic rings. The number of aromatic nitrogens is 2. The molecule has 0 saturated carbocycles. The van der Waals surface area contributed by atoms with Gasteiger partial charge in [0, 0.05) is 46.1 Å². The van der Waals surface area contributed by atoms with Gasteiger partial charge in [-0.1, -0.05) is 29.8 Å². The SMILES string of the molecule is Cc1ccc(CS(=O)(=O)N2CCN(CCc3nnc(C)o3)CC2)cc1. The van der Waals surface area contributed by atoms with Crippen LogP contribution < -0.4 is 0 Å². The zero-order valence-electron chi connectivity index (χ0n) is 14.7. The predicted molar refractivity (Wildman–Crippen MR) is 94.6 cm³/mol. The van der Waals surface area contributed by atoms with Gasteiger partial charge in [-0.25, -0.2) is 8.42 Å². The van der Waals surface area contributed by atoms with E-state index in [1.165, 1.54) is 0 Å². The fourth-order valence-corrected chi connectivity index (χ4v) is 4.43. The number of nitrogens with zero attached hydrogens (tertiary/aromatic N) is 4. The lowest BCUT2D eigenvalue weighted by atomic mass is 10.2. The number of piperazine rings is 1. The van der Waals surface area contributed by atoms with Gasteiger partial charge < -0.3 is 9.32 Å². The van der Waals surface area contributed by atoms with Gasteiger partial charge in [0.1, 0.15) is 0 Å². The minimum absolute atomic E-state index is 0.0640. The lowest BCUT2D eigenvalue weighted by Crippen LogP contribution is -2.49. The quantitative estimate of drug-likeness (QED) is 0.770. The molecule has 1 aromatic heterocycles. The average Bonchev–Trinajstić information content (AvgIpc) is 3.01. The second kappa shape index (κ2) is 7.63. The molecule has 0 bridgehead atoms. The van der Waals surface area contributed by atoms with Crippen LogP contribution in [0.5, 0.6) is 0 Å². The fraction of sp³-hybridized carbons (Fsp3) is 0.529. The van der Waals surface area contributed by atoms with Gasteiger partial charge in [0.25, 0.3) is 0 Å². The molecule has 0 aliphatic carbocycles. The summed E-state index contributed by atoms with van der Waals surface area (Å²) >= 11 is 0. The van der Waals surface area contributed by atoms with Crippen molar-refractivity contribution in [1.29, 1.82) is 0 Å². The number of hydrogen-bond acceptors (Lipinski definition) is 6. The summed E-state index contributed by atoms with van der Waals surface area (Å²) in [5.74, 6) is 1.27. The lowest BCUT2D eigenvalue weighted by molar-refractivity contribution is 0.186. The van der Waals surface area contributed by atoms with Crippen LogP contribution in [-0.4, -0.2) is 60.5 Å². The molecule has 136 valence electrons. The molecule has 0 amide bonds. The van der Waals surface area contributed by atoms with Gasteiger partial charge in [0.2, 0.25) is 21.8 Å². The van der Waals surface area contributed by atoms with Crippen LogP contribution in [-0.2, 0) is 22.2 Å². The van der Waals surface area contributed by atoms with Crippen molar-refractivity contribution in [2.75, 3.05) is 32.7 Å². The molecule has 1 aromatic carbocycles. The van der Waals surface area contributed by atoms with E-state index in [-0.39, 0.29) is 5.75 Å². The highest BCUT2D eigenvalue weighted by molar-refractivity contribution is 7.88. The average molecular weight is 364 g/mol. The molecule has 3 rings (SSSR count). The van der Waals surface area contributed by atoms with E-state index in [9.17, 15) is 8.42 Å². The lowest BCUT2D eigenvalue weighted by Gasteiger charge is -2.33. The minimum Gasteiger partial charge on any atom is -0.426 e. The predicted octanol–water partition coefficient (Wildman–Crippen LogP) is 1.38. The monoisotopic (exact) mass is 364 g/mol. The zero-order chi connectivity index (χ0) is 17.9. The maximum absolute atomic E-state index is 12.6. The van der Waals surface area contributed by atoms with Gasteiger partial charge in [-0.2, -0.15) is 4.31 Å². The molecule has 1 saturated heterocycles. The van der Waals surface area contributed by atoms with E-state index in [0.717, 1.165) is 30.8 Å². The van der Waals surface area contributed by atoms with Crippen LogP contribution in [0.4, 0.5) is 0 Å². The van der Waals surface area contributed by atoms with Crippen molar-refractivity contribution in [3.05, 3.63) is 47.2 Å². The zero-order valence-corrected chi connectivity index (χ0v) is 15.5. The maximum atomic E-state index is 12.6. The molecule has 1 aliphatic heterocycles. The molecular formula is C17H24N4O3S. The standard InChI is InChI=1S/C17H24N4O3S/c1-14-3-5-16(6-4-14)13-25(22,23)21-11-9-20(10-12-21)8-7-17-19-18-15(2)24-17/h3-6H,7-13H2,1-2H3. The van der Waals surface area contributed by atoms with Crippen LogP contribution >= 0.6 is 0 Å². The summed E-state index contributed by atoms with van der Waals surface area (Å²) in [4.78, 5) is 2.23. The van der Waals surface area contributed by atoms with Crippen LogP contribution in [0.15, 0.2) is 28.7 Å². The normalized spacial score (nSPS) is 17.0. The van der Waals surface area contributed by atoms with Crippen LogP contribution in [0, 0.1) is 13.8 Å². The van der Waals surface area contributed by atoms with Crippen molar-refractivity contribution in [3.8, 4) is 0 Å². The van der Waals surface area contributed by atoms with Gasteiger partial charge in [-0.15, -0.1) is 10.2 Å². The summed E-state index contributed by atoms with van der Waals surface area (Å²) < 4.78 is 32.2. The van der Waals surface area contributed by atoms with Crippen LogP contribution in [0.3, 0.4) is 0 Å². The number of benzene rings is 1. The topological polar surface area (TPSA) is 79.5 Å². The van der Waals surface area contributed by atoms with E-state index in [4.69, 9.17) is 4.42 Å². The minimum atomic E-state index is -3.27. The third-order valence-electron chi connectivity index (χ3n) is 4.40. The molecule has 0 N–H and O–H groups in total. The summed E-state index contributed by atoms with van der Waals surface area (Å²) in [6, 6.07) is 7.66. The largest absolute Gasteiger partial charge is 0.426 e. The Morgan fingerprint density at radius 1 is 1.04 bits per heavy atom. The van der Waals surface area contributed by atoms with Crippen molar-refractivity contribution >= 4 is 10.0 Å². The highest BCUT2D eigenvalue weighted by Crippen LogP contribution is 2.14. The Bertz CT molecular complexity index is 794. The number of sulfonamides is 1. The van der Waals surface area contributed by atoms with Crippen molar-refractivity contribution < 1.29 is 12.8 Å². The van der Waals surface area contributed by atoms with Crippen molar-refractivity contribution in [1.82, 2.24) is 19.4 Å². The molecule has 1 fully saturated rings. The van der Waals surface area contributed by atoms with E-state index < -0.39 is 10.0 Å². The first-order valence-electron chi connectivity index (χ1n) is 8.47. The summed E-state index contributed by atoms with van der Waals surface area (Å²) in [5, 5.41) is 7.80. The van der Waals surface area contributed by atoms with Gasteiger partial charge in [-0.05, 0) is 12.5 Å². The van der Waals surface area contributed by atoms with Gasteiger partial charge in [-0.3, -0.25) is 0 Å². The molecule has 25 heavy (non-hydrogen) atoms. The molecule has 0 atom stereocenters. The molecule has 1 aliphatic rings. The first-order valence-corrected chi connectivity index (χ1v) is 10.1. The molecule has 8 heteroatoms. The Morgan fingerprint density at radius 3 is 2.32 bits per heavy atom. The van der Waals surface area contributed by atoms with Crippen LogP contribution in [0.1, 0.15) is 22.9 Å². The van der Waals surface area contributed by atoms with Crippen molar-refractivity contribution in [2.45, 2.75) is 26.0 Å². The highest BCUT2D eigenvalue weighted by Gasteiger charge is 2.27. The number of hydrogen-bond donors (Lipinski definition) is 0. The Labute approximate surface area is 148 Å². The molecule has 7 nitrogen and oxygen atoms in total. The van der Waals surface area contributed by atoms with Crippen LogP contribution in [0.2, 0.25) is 0 Å². The second-order valence-corrected chi connectivity index (χ2v) is 8.42. The third kappa shape index (κ3) is 4.87. The number of aryl methyl sites for hydroxylation is 2. The smallest absolute Gasteiger partial charge is 0.218 e. The van der Waals surface area contributed by atoms with Gasteiger partial charge >= 0.3 is 0 Å². The number of rotatable bonds is 6. The van der Waals surface area contributed by atoms with Crippen molar-refractivity contribution in [2.24, 2.45) is 0 Å². The van der Waals surface area contributed by atoms with Gasteiger partial charge in [0.05, 0.1) is 5.75 Å². The Kier molecular flexibility index (Phi) is 5.51. The summed E-state index contributed by atoms with van der Waals surface area (Å²) in [5.41, 5.74) is 1.96. The Morgan fingerprint density at radius 2 is 1.72 bits per heavy atom. The van der Waals surface area contributed by atoms with E-state index in [1.807, 2.05) is 31.2 Å². The second-order valence-electron chi connectivity index (χ2n) is 6.45.